The fourth-order valence-electron chi connectivity index (χ4n) is 4.73. The summed E-state index contributed by atoms with van der Waals surface area (Å²) in [5, 5.41) is 3.84. The zero-order valence-electron chi connectivity index (χ0n) is 17.2. The van der Waals surface area contributed by atoms with E-state index in [0.29, 0.717) is 16.5 Å². The van der Waals surface area contributed by atoms with Crippen molar-refractivity contribution in [2.45, 2.75) is 17.8 Å². The molecule has 2 aromatic carbocycles. The number of benzene rings is 2. The van der Waals surface area contributed by atoms with E-state index in [-0.39, 0.29) is 22.2 Å². The number of halogens is 2. The summed E-state index contributed by atoms with van der Waals surface area (Å²) >= 11 is 6.90. The van der Waals surface area contributed by atoms with Crippen LogP contribution >= 0.6 is 11.6 Å². The number of nitrogens with two attached hydrogens (primary N) is 1. The summed E-state index contributed by atoms with van der Waals surface area (Å²) in [5.74, 6) is -0.101. The van der Waals surface area contributed by atoms with Crippen molar-refractivity contribution >= 4 is 29.0 Å². The van der Waals surface area contributed by atoms with Crippen molar-refractivity contribution in [3.63, 3.8) is 0 Å². The van der Waals surface area contributed by atoms with Crippen LogP contribution in [0.15, 0.2) is 48.7 Å². The molecule has 1 spiro atoms. The smallest absolute Gasteiger partial charge is 0.258 e. The monoisotopic (exact) mass is 436 g/mol. The zero-order chi connectivity index (χ0) is 21.9. The van der Waals surface area contributed by atoms with Crippen LogP contribution in [0.2, 0.25) is 5.02 Å². The van der Waals surface area contributed by atoms with Crippen LogP contribution in [0, 0.1) is 5.82 Å². The molecule has 2 aliphatic rings. The minimum Gasteiger partial charge on any atom is -0.398 e. The first kappa shape index (κ1) is 19.8. The molecule has 0 radical (unpaired) electrons. The summed E-state index contributed by atoms with van der Waals surface area (Å²) in [6.07, 6.45) is 2.52. The second-order valence-electron chi connectivity index (χ2n) is 8.48. The van der Waals surface area contributed by atoms with Crippen LogP contribution in [0.1, 0.15) is 33.8 Å². The van der Waals surface area contributed by atoms with Crippen LogP contribution in [-0.2, 0) is 5.41 Å². The van der Waals surface area contributed by atoms with Gasteiger partial charge >= 0.3 is 0 Å². The van der Waals surface area contributed by atoms with E-state index in [4.69, 9.17) is 17.3 Å². The second kappa shape index (κ2) is 6.95. The average Bonchev–Trinajstić information content (AvgIpc) is 3.36. The molecule has 2 atom stereocenters. The number of nitrogen functional groups attached to an aromatic ring is 1. The van der Waals surface area contributed by atoms with Crippen LogP contribution in [0.3, 0.4) is 0 Å². The molecule has 3 N–H and O–H groups in total. The molecule has 2 heterocycles. The number of aromatic nitrogens is 1. The number of fused-ring (bicyclic) bond motifs is 2. The fraction of sp³-hybridized carbons (Fsp3) is 0.250. The Hall–Kier alpha value is -3.12. The molecule has 0 unspecified atom stereocenters. The number of anilines is 2. The van der Waals surface area contributed by atoms with Crippen molar-refractivity contribution in [2.75, 3.05) is 31.7 Å². The molecule has 5 rings (SSSR count). The molecule has 1 aliphatic heterocycles. The fourth-order valence-corrected chi connectivity index (χ4v) is 5.16. The molecule has 5 nitrogen and oxygen atoms in total. The Bertz CT molecular complexity index is 1210. The van der Waals surface area contributed by atoms with E-state index in [1.807, 2.05) is 18.2 Å². The molecule has 0 bridgehead atoms. The van der Waals surface area contributed by atoms with E-state index in [9.17, 15) is 4.79 Å². The first-order chi connectivity index (χ1) is 14.8. The number of carbonyl (C=O) groups excluding carboxylic acids is 1. The van der Waals surface area contributed by atoms with E-state index in [2.05, 4.69) is 22.4 Å². The van der Waals surface area contributed by atoms with E-state index in [1.54, 1.807) is 26.4 Å². The number of pyridine rings is 1. The highest BCUT2D eigenvalue weighted by atomic mass is 35.5. The zero-order valence-corrected chi connectivity index (χ0v) is 18.0. The van der Waals surface area contributed by atoms with Gasteiger partial charge in [0.25, 0.3) is 5.91 Å². The van der Waals surface area contributed by atoms with Crippen molar-refractivity contribution in [2.24, 2.45) is 0 Å². The summed E-state index contributed by atoms with van der Waals surface area (Å²) in [4.78, 5) is 18.3. The van der Waals surface area contributed by atoms with Gasteiger partial charge in [-0.1, -0.05) is 41.9 Å². The molecule has 1 fully saturated rings. The van der Waals surface area contributed by atoms with E-state index in [1.165, 1.54) is 16.5 Å². The highest BCUT2D eigenvalue weighted by Gasteiger charge is 2.60. The van der Waals surface area contributed by atoms with Gasteiger partial charge in [0, 0.05) is 54.6 Å². The van der Waals surface area contributed by atoms with Crippen LogP contribution in [0.25, 0.3) is 11.1 Å². The molecule has 0 saturated heterocycles. The lowest BCUT2D eigenvalue weighted by Gasteiger charge is -2.17. The SMILES string of the molecule is CN(C)C(=O)c1c(N)ccc(-c2cnc3c(c2Cl)[C@@]2(CN3)C[C@@H]2c2ccccc2)c1F. The van der Waals surface area contributed by atoms with Gasteiger partial charge < -0.3 is 16.0 Å². The third kappa shape index (κ3) is 2.89. The molecule has 3 aromatic rings. The van der Waals surface area contributed by atoms with Crippen molar-refractivity contribution in [3.05, 3.63) is 76.2 Å². The molecule has 1 aromatic heterocycles. The highest BCUT2D eigenvalue weighted by Crippen LogP contribution is 2.66. The number of hydrogen-bond donors (Lipinski definition) is 2. The van der Waals surface area contributed by atoms with Crippen LogP contribution < -0.4 is 11.1 Å². The number of hydrogen-bond acceptors (Lipinski definition) is 4. The van der Waals surface area contributed by atoms with Gasteiger partial charge in [-0.15, -0.1) is 0 Å². The minimum absolute atomic E-state index is 0.0923. The van der Waals surface area contributed by atoms with Crippen LogP contribution in [-0.4, -0.2) is 36.4 Å². The lowest BCUT2D eigenvalue weighted by atomic mass is 9.91. The van der Waals surface area contributed by atoms with Crippen LogP contribution in [0.5, 0.6) is 0 Å². The first-order valence-corrected chi connectivity index (χ1v) is 10.5. The number of carbonyl (C=O) groups is 1. The Morgan fingerprint density at radius 3 is 2.68 bits per heavy atom. The highest BCUT2D eigenvalue weighted by molar-refractivity contribution is 6.34. The Morgan fingerprint density at radius 2 is 1.97 bits per heavy atom. The molecule has 1 aliphatic carbocycles. The number of amides is 1. The molecular formula is C24H22ClFN4O. The number of nitrogens with zero attached hydrogens (tertiary/aromatic N) is 2. The minimum atomic E-state index is -0.683. The maximum atomic E-state index is 15.5. The standard InChI is InChI=1S/C24H22ClFN4O/c1-30(2)23(31)18-17(27)9-8-14(21(18)26)15-11-28-22-19(20(15)25)24(12-29-22)10-16(24)13-6-4-3-5-7-13/h3-9,11,16H,10,12,27H2,1-2H3,(H,28,29)/t16-,24-/m1/s1. The first-order valence-electron chi connectivity index (χ1n) is 10.1. The summed E-state index contributed by atoms with van der Waals surface area (Å²) < 4.78 is 15.5. The van der Waals surface area contributed by atoms with Gasteiger partial charge in [-0.05, 0) is 30.0 Å². The third-order valence-corrected chi connectivity index (χ3v) is 6.84. The Kier molecular flexibility index (Phi) is 4.45. The predicted molar refractivity (Wildman–Crippen MR) is 121 cm³/mol. The van der Waals surface area contributed by atoms with Gasteiger partial charge in [0.15, 0.2) is 0 Å². The Balaban J connectivity index is 1.62. The van der Waals surface area contributed by atoms with Crippen LogP contribution in [0.4, 0.5) is 15.9 Å². The summed E-state index contributed by atoms with van der Waals surface area (Å²) in [6.45, 7) is 0.743. The van der Waals surface area contributed by atoms with Crippen molar-refractivity contribution in [1.29, 1.82) is 0 Å². The third-order valence-electron chi connectivity index (χ3n) is 6.45. The Morgan fingerprint density at radius 1 is 1.23 bits per heavy atom. The molecular weight excluding hydrogens is 415 g/mol. The Labute approximate surface area is 185 Å². The lowest BCUT2D eigenvalue weighted by Crippen LogP contribution is -2.24. The van der Waals surface area contributed by atoms with E-state index < -0.39 is 11.7 Å². The van der Waals surface area contributed by atoms with Gasteiger partial charge in [0.05, 0.1) is 10.6 Å². The molecule has 1 amide bonds. The van der Waals surface area contributed by atoms with Crippen molar-refractivity contribution < 1.29 is 9.18 Å². The van der Waals surface area contributed by atoms with Gasteiger partial charge in [-0.2, -0.15) is 0 Å². The van der Waals surface area contributed by atoms with Crippen molar-refractivity contribution in [1.82, 2.24) is 9.88 Å². The predicted octanol–water partition coefficient (Wildman–Crippen LogP) is 4.68. The molecule has 158 valence electrons. The number of nitrogens with one attached hydrogen (secondary N) is 1. The largest absolute Gasteiger partial charge is 0.398 e. The summed E-state index contributed by atoms with van der Waals surface area (Å²) in [7, 11) is 3.12. The average molecular weight is 437 g/mol. The van der Waals surface area contributed by atoms with Gasteiger partial charge in [0.1, 0.15) is 11.6 Å². The second-order valence-corrected chi connectivity index (χ2v) is 8.86. The quantitative estimate of drug-likeness (QED) is 0.585. The number of rotatable bonds is 3. The maximum absolute atomic E-state index is 15.5. The topological polar surface area (TPSA) is 71.2 Å². The van der Waals surface area contributed by atoms with Crippen molar-refractivity contribution in [3.8, 4) is 11.1 Å². The van der Waals surface area contributed by atoms with Gasteiger partial charge in [0.2, 0.25) is 0 Å². The molecule has 7 heteroatoms. The summed E-state index contributed by atoms with van der Waals surface area (Å²) in [6, 6.07) is 13.4. The maximum Gasteiger partial charge on any atom is 0.258 e. The summed E-state index contributed by atoms with van der Waals surface area (Å²) in [5.41, 5.74) is 8.59. The van der Waals surface area contributed by atoms with Gasteiger partial charge in [-0.25, -0.2) is 9.37 Å². The lowest BCUT2D eigenvalue weighted by molar-refractivity contribution is 0.0824. The van der Waals surface area contributed by atoms with Gasteiger partial charge in [-0.3, -0.25) is 4.79 Å². The van der Waals surface area contributed by atoms with E-state index in [0.717, 1.165) is 24.3 Å². The molecule has 31 heavy (non-hydrogen) atoms. The molecule has 1 saturated carbocycles. The normalized spacial score (nSPS) is 21.0. The van der Waals surface area contributed by atoms with E-state index >= 15 is 4.39 Å².